The summed E-state index contributed by atoms with van der Waals surface area (Å²) in [5.41, 5.74) is 2.24. The molecule has 0 saturated carbocycles. The Labute approximate surface area is 125 Å². The molecule has 0 aliphatic rings. The molecule has 2 rings (SSSR count). The minimum absolute atomic E-state index is 0.289. The lowest BCUT2D eigenvalue weighted by molar-refractivity contribution is 0.437. The van der Waals surface area contributed by atoms with Crippen molar-refractivity contribution < 1.29 is 4.74 Å². The Morgan fingerprint density at radius 2 is 1.90 bits per heavy atom. The third-order valence-electron chi connectivity index (χ3n) is 2.87. The number of rotatable bonds is 5. The topological polar surface area (TPSA) is 63.2 Å². The Hall–Kier alpha value is -2.37. The Bertz CT molecular complexity index is 627. The van der Waals surface area contributed by atoms with Crippen LogP contribution in [0.3, 0.4) is 0 Å². The van der Waals surface area contributed by atoms with E-state index in [0.717, 1.165) is 17.9 Å². The summed E-state index contributed by atoms with van der Waals surface area (Å²) in [6.45, 7) is 6.78. The predicted molar refractivity (Wildman–Crippen MR) is 84.3 cm³/mol. The monoisotopic (exact) mass is 287 g/mol. The molecule has 0 radical (unpaired) electrons. The number of benzene rings is 1. The van der Waals surface area contributed by atoms with Crippen LogP contribution in [0, 0.1) is 13.8 Å². The number of aryl methyl sites for hydroxylation is 2. The fourth-order valence-corrected chi connectivity index (χ4v) is 1.84. The molecule has 0 amide bonds. The molecular weight excluding hydrogens is 266 g/mol. The van der Waals surface area contributed by atoms with Gasteiger partial charge >= 0.3 is 6.01 Å². The van der Waals surface area contributed by atoms with Gasteiger partial charge < -0.3 is 15.0 Å². The molecule has 2 aromatic rings. The van der Waals surface area contributed by atoms with Crippen molar-refractivity contribution in [1.82, 2.24) is 15.0 Å². The number of hydrogen-bond acceptors (Lipinski definition) is 6. The van der Waals surface area contributed by atoms with Crippen LogP contribution in [-0.4, -0.2) is 35.6 Å². The quantitative estimate of drug-likeness (QED) is 0.912. The van der Waals surface area contributed by atoms with E-state index in [-0.39, 0.29) is 6.01 Å². The second-order valence-electron chi connectivity index (χ2n) is 5.04. The fraction of sp³-hybridized carbons (Fsp3) is 0.400. The van der Waals surface area contributed by atoms with Gasteiger partial charge in [-0.15, -0.1) is 0 Å². The van der Waals surface area contributed by atoms with E-state index in [1.807, 2.05) is 51.9 Å². The first-order chi connectivity index (χ1) is 9.99. The first kappa shape index (κ1) is 15.0. The van der Waals surface area contributed by atoms with Crippen molar-refractivity contribution in [2.75, 3.05) is 30.9 Å². The number of nitrogens with one attached hydrogen (secondary N) is 1. The van der Waals surface area contributed by atoms with Crippen molar-refractivity contribution in [2.24, 2.45) is 0 Å². The van der Waals surface area contributed by atoms with E-state index in [1.165, 1.54) is 5.56 Å². The van der Waals surface area contributed by atoms with Gasteiger partial charge in [-0.1, -0.05) is 17.7 Å². The van der Waals surface area contributed by atoms with Crippen molar-refractivity contribution in [3.63, 3.8) is 0 Å². The van der Waals surface area contributed by atoms with E-state index in [0.29, 0.717) is 11.9 Å². The predicted octanol–water partition coefficient (Wildman–Crippen LogP) is 2.78. The highest BCUT2D eigenvalue weighted by Crippen LogP contribution is 2.24. The summed E-state index contributed by atoms with van der Waals surface area (Å²) in [6.07, 6.45) is 0. The lowest BCUT2D eigenvalue weighted by Crippen LogP contribution is -2.15. The number of anilines is 2. The van der Waals surface area contributed by atoms with Crippen LogP contribution in [0.15, 0.2) is 18.2 Å². The molecule has 1 aromatic carbocycles. The van der Waals surface area contributed by atoms with Gasteiger partial charge in [0.15, 0.2) is 0 Å². The summed E-state index contributed by atoms with van der Waals surface area (Å²) in [4.78, 5) is 14.7. The van der Waals surface area contributed by atoms with Gasteiger partial charge in [0.1, 0.15) is 5.75 Å². The van der Waals surface area contributed by atoms with Crippen molar-refractivity contribution >= 4 is 11.9 Å². The zero-order chi connectivity index (χ0) is 15.4. The Morgan fingerprint density at radius 3 is 2.52 bits per heavy atom. The maximum atomic E-state index is 5.81. The Morgan fingerprint density at radius 1 is 1.14 bits per heavy atom. The van der Waals surface area contributed by atoms with Crippen LogP contribution in [-0.2, 0) is 0 Å². The van der Waals surface area contributed by atoms with Crippen LogP contribution in [0.4, 0.5) is 11.9 Å². The van der Waals surface area contributed by atoms with Crippen LogP contribution < -0.4 is 15.0 Å². The van der Waals surface area contributed by atoms with Gasteiger partial charge in [0.25, 0.3) is 0 Å². The first-order valence-electron chi connectivity index (χ1n) is 6.92. The summed E-state index contributed by atoms with van der Waals surface area (Å²) < 4.78 is 5.81. The van der Waals surface area contributed by atoms with Crippen LogP contribution in [0.5, 0.6) is 11.8 Å². The minimum atomic E-state index is 0.289. The summed E-state index contributed by atoms with van der Waals surface area (Å²) in [7, 11) is 3.76. The molecule has 0 saturated heterocycles. The molecule has 0 aliphatic heterocycles. The molecule has 0 aliphatic carbocycles. The van der Waals surface area contributed by atoms with E-state index in [9.17, 15) is 0 Å². The highest BCUT2D eigenvalue weighted by molar-refractivity contribution is 5.40. The van der Waals surface area contributed by atoms with E-state index in [1.54, 1.807) is 0 Å². The molecule has 0 fully saturated rings. The zero-order valence-electron chi connectivity index (χ0n) is 13.1. The molecule has 1 heterocycles. The molecule has 0 bridgehead atoms. The van der Waals surface area contributed by atoms with E-state index in [4.69, 9.17) is 4.74 Å². The standard InChI is InChI=1S/C15H21N5O/c1-6-16-13-17-14(20(4)5)19-15(18-13)21-12-8-7-10(2)9-11(12)3/h7-9H,6H2,1-5H3,(H,16,17,18,19). The molecular formula is C15H21N5O. The molecule has 0 atom stereocenters. The lowest BCUT2D eigenvalue weighted by atomic mass is 10.1. The van der Waals surface area contributed by atoms with Gasteiger partial charge in [0.05, 0.1) is 0 Å². The van der Waals surface area contributed by atoms with Gasteiger partial charge in [-0.25, -0.2) is 0 Å². The van der Waals surface area contributed by atoms with Crippen molar-refractivity contribution in [2.45, 2.75) is 20.8 Å². The third kappa shape index (κ3) is 3.81. The molecule has 112 valence electrons. The van der Waals surface area contributed by atoms with Gasteiger partial charge in [0.2, 0.25) is 11.9 Å². The maximum Gasteiger partial charge on any atom is 0.328 e. The number of aromatic nitrogens is 3. The lowest BCUT2D eigenvalue weighted by Gasteiger charge is -2.14. The smallest absolute Gasteiger partial charge is 0.328 e. The molecule has 1 aromatic heterocycles. The van der Waals surface area contributed by atoms with Crippen molar-refractivity contribution in [3.05, 3.63) is 29.3 Å². The number of hydrogen-bond donors (Lipinski definition) is 1. The first-order valence-corrected chi connectivity index (χ1v) is 6.92. The van der Waals surface area contributed by atoms with Crippen molar-refractivity contribution in [3.8, 4) is 11.8 Å². The highest BCUT2D eigenvalue weighted by Gasteiger charge is 2.10. The Kier molecular flexibility index (Phi) is 4.57. The van der Waals surface area contributed by atoms with E-state index < -0.39 is 0 Å². The van der Waals surface area contributed by atoms with Crippen LogP contribution in [0.2, 0.25) is 0 Å². The SMILES string of the molecule is CCNc1nc(Oc2ccc(C)cc2C)nc(N(C)C)n1. The number of nitrogens with zero attached hydrogens (tertiary/aromatic N) is 4. The second-order valence-corrected chi connectivity index (χ2v) is 5.04. The summed E-state index contributed by atoms with van der Waals surface area (Å²) in [5.74, 6) is 1.82. The van der Waals surface area contributed by atoms with E-state index >= 15 is 0 Å². The maximum absolute atomic E-state index is 5.81. The molecule has 6 nitrogen and oxygen atoms in total. The highest BCUT2D eigenvalue weighted by atomic mass is 16.5. The molecule has 1 N–H and O–H groups in total. The van der Waals surface area contributed by atoms with Gasteiger partial charge in [-0.3, -0.25) is 0 Å². The fourth-order valence-electron chi connectivity index (χ4n) is 1.84. The Balaban J connectivity index is 2.33. The van der Waals surface area contributed by atoms with Crippen LogP contribution in [0.1, 0.15) is 18.1 Å². The molecule has 21 heavy (non-hydrogen) atoms. The number of ether oxygens (including phenoxy) is 1. The average molecular weight is 287 g/mol. The largest absolute Gasteiger partial charge is 0.424 e. The molecule has 0 unspecified atom stereocenters. The van der Waals surface area contributed by atoms with Crippen molar-refractivity contribution in [1.29, 1.82) is 0 Å². The summed E-state index contributed by atoms with van der Waals surface area (Å²) in [6, 6.07) is 6.28. The van der Waals surface area contributed by atoms with Crippen LogP contribution >= 0.6 is 0 Å². The average Bonchev–Trinajstić information content (AvgIpc) is 2.42. The zero-order valence-corrected chi connectivity index (χ0v) is 13.1. The normalized spacial score (nSPS) is 10.3. The minimum Gasteiger partial charge on any atom is -0.424 e. The molecule has 6 heteroatoms. The van der Waals surface area contributed by atoms with Crippen LogP contribution in [0.25, 0.3) is 0 Å². The van der Waals surface area contributed by atoms with Gasteiger partial charge in [0, 0.05) is 20.6 Å². The van der Waals surface area contributed by atoms with Gasteiger partial charge in [-0.2, -0.15) is 15.0 Å². The summed E-state index contributed by atoms with van der Waals surface area (Å²) in [5, 5.41) is 3.08. The summed E-state index contributed by atoms with van der Waals surface area (Å²) >= 11 is 0. The second kappa shape index (κ2) is 6.39. The molecule has 0 spiro atoms. The third-order valence-corrected chi connectivity index (χ3v) is 2.87. The van der Waals surface area contributed by atoms with E-state index in [2.05, 4.69) is 26.3 Å². The van der Waals surface area contributed by atoms with Gasteiger partial charge in [-0.05, 0) is 32.4 Å².